The van der Waals surface area contributed by atoms with Crippen LogP contribution in [0.25, 0.3) is 11.3 Å². The lowest BCUT2D eigenvalue weighted by Crippen LogP contribution is -2.10. The molecule has 1 amide bonds. The summed E-state index contributed by atoms with van der Waals surface area (Å²) in [6.07, 6.45) is 4.76. The summed E-state index contributed by atoms with van der Waals surface area (Å²) in [6.45, 7) is 0. The van der Waals surface area contributed by atoms with E-state index in [1.54, 1.807) is 6.07 Å². The van der Waals surface area contributed by atoms with Gasteiger partial charge in [0.25, 0.3) is 5.91 Å². The Bertz CT molecular complexity index is 602. The summed E-state index contributed by atoms with van der Waals surface area (Å²) in [7, 11) is 0. The van der Waals surface area contributed by atoms with E-state index in [1.165, 1.54) is 24.0 Å². The molecule has 0 radical (unpaired) electrons. The molecule has 4 nitrogen and oxygen atoms in total. The second-order valence-electron chi connectivity index (χ2n) is 4.63. The lowest BCUT2D eigenvalue weighted by Gasteiger charge is -2.15. The van der Waals surface area contributed by atoms with Gasteiger partial charge in [-0.05, 0) is 42.9 Å². The van der Waals surface area contributed by atoms with Crippen molar-refractivity contribution in [1.29, 1.82) is 0 Å². The summed E-state index contributed by atoms with van der Waals surface area (Å²) in [5.74, 6) is 0.0279. The number of aromatic nitrogens is 1. The van der Waals surface area contributed by atoms with Crippen LogP contribution in [0.4, 0.5) is 0 Å². The van der Waals surface area contributed by atoms with Crippen molar-refractivity contribution in [2.75, 3.05) is 0 Å². The second kappa shape index (κ2) is 4.29. The van der Waals surface area contributed by atoms with Crippen LogP contribution in [0.1, 0.15) is 34.5 Å². The average molecular weight is 242 g/mol. The van der Waals surface area contributed by atoms with Crippen molar-refractivity contribution in [2.24, 2.45) is 5.73 Å². The molecule has 0 atom stereocenters. The Hall–Kier alpha value is -2.10. The number of nitrogens with zero attached hydrogens (tertiary/aromatic N) is 1. The van der Waals surface area contributed by atoms with Crippen molar-refractivity contribution in [1.82, 2.24) is 5.16 Å². The summed E-state index contributed by atoms with van der Waals surface area (Å²) in [6, 6.07) is 7.86. The number of hydrogen-bond donors (Lipinski definition) is 1. The molecule has 0 aliphatic heterocycles. The van der Waals surface area contributed by atoms with E-state index in [2.05, 4.69) is 17.3 Å². The van der Waals surface area contributed by atoms with Gasteiger partial charge in [-0.3, -0.25) is 4.79 Å². The molecule has 1 aromatic carbocycles. The Morgan fingerprint density at radius 3 is 2.67 bits per heavy atom. The van der Waals surface area contributed by atoms with Crippen LogP contribution in [0.5, 0.6) is 0 Å². The van der Waals surface area contributed by atoms with Gasteiger partial charge in [0.05, 0.1) is 0 Å². The minimum absolute atomic E-state index is 0.169. The molecule has 0 saturated heterocycles. The zero-order chi connectivity index (χ0) is 12.5. The van der Waals surface area contributed by atoms with Crippen molar-refractivity contribution >= 4 is 5.91 Å². The van der Waals surface area contributed by atoms with E-state index in [1.807, 2.05) is 6.07 Å². The fraction of sp³-hybridized carbons (Fsp3) is 0.286. The van der Waals surface area contributed by atoms with Crippen LogP contribution in [0, 0.1) is 0 Å². The van der Waals surface area contributed by atoms with E-state index in [-0.39, 0.29) is 5.69 Å². The van der Waals surface area contributed by atoms with Gasteiger partial charge >= 0.3 is 0 Å². The highest BCUT2D eigenvalue weighted by molar-refractivity contribution is 5.91. The number of nitrogens with two attached hydrogens (primary N) is 1. The normalized spacial score (nSPS) is 14.2. The van der Waals surface area contributed by atoms with Gasteiger partial charge in [-0.1, -0.05) is 17.3 Å². The van der Waals surface area contributed by atoms with Gasteiger partial charge in [-0.2, -0.15) is 0 Å². The Morgan fingerprint density at radius 1 is 1.17 bits per heavy atom. The first-order valence-electron chi connectivity index (χ1n) is 6.13. The molecule has 1 aromatic heterocycles. The molecule has 0 fully saturated rings. The molecule has 3 rings (SSSR count). The molecule has 0 bridgehead atoms. The first-order valence-corrected chi connectivity index (χ1v) is 6.13. The number of aryl methyl sites for hydroxylation is 2. The molecular formula is C14H14N2O2. The van der Waals surface area contributed by atoms with Crippen LogP contribution in [-0.2, 0) is 12.8 Å². The minimum atomic E-state index is -0.567. The third kappa shape index (κ3) is 1.90. The second-order valence-corrected chi connectivity index (χ2v) is 4.63. The summed E-state index contributed by atoms with van der Waals surface area (Å²) in [5, 5.41) is 3.65. The van der Waals surface area contributed by atoms with E-state index >= 15 is 0 Å². The third-order valence-corrected chi connectivity index (χ3v) is 3.40. The quantitative estimate of drug-likeness (QED) is 0.878. The maximum Gasteiger partial charge on any atom is 0.270 e. The molecule has 0 saturated carbocycles. The van der Waals surface area contributed by atoms with Gasteiger partial charge in [0.15, 0.2) is 11.5 Å². The minimum Gasteiger partial charge on any atom is -0.364 e. The number of primary amides is 1. The average Bonchev–Trinajstić information content (AvgIpc) is 2.88. The van der Waals surface area contributed by atoms with Crippen molar-refractivity contribution in [3.8, 4) is 11.3 Å². The van der Waals surface area contributed by atoms with Gasteiger partial charge in [-0.25, -0.2) is 0 Å². The largest absolute Gasteiger partial charge is 0.364 e. The van der Waals surface area contributed by atoms with Gasteiger partial charge in [0, 0.05) is 11.6 Å². The molecule has 1 heterocycles. The van der Waals surface area contributed by atoms with Gasteiger partial charge in [0.1, 0.15) is 0 Å². The van der Waals surface area contributed by atoms with Crippen LogP contribution in [0.2, 0.25) is 0 Å². The monoisotopic (exact) mass is 242 g/mol. The van der Waals surface area contributed by atoms with Crippen molar-refractivity contribution in [2.45, 2.75) is 25.7 Å². The number of carbonyl (C=O) groups excluding carboxylic acids is 1. The van der Waals surface area contributed by atoms with E-state index in [9.17, 15) is 4.79 Å². The fourth-order valence-corrected chi connectivity index (χ4v) is 2.41. The number of benzene rings is 1. The molecular weight excluding hydrogens is 228 g/mol. The predicted molar refractivity (Wildman–Crippen MR) is 67.1 cm³/mol. The molecule has 2 aromatic rings. The highest BCUT2D eigenvalue weighted by Gasteiger charge is 2.14. The lowest BCUT2D eigenvalue weighted by molar-refractivity contribution is 0.0992. The van der Waals surface area contributed by atoms with E-state index < -0.39 is 5.91 Å². The first kappa shape index (κ1) is 11.0. The molecule has 1 aliphatic rings. The molecule has 0 unspecified atom stereocenters. The maximum absolute atomic E-state index is 11.0. The Labute approximate surface area is 105 Å². The summed E-state index contributed by atoms with van der Waals surface area (Å²) in [5.41, 5.74) is 9.07. The predicted octanol–water partition coefficient (Wildman–Crippen LogP) is 2.32. The number of rotatable bonds is 2. The summed E-state index contributed by atoms with van der Waals surface area (Å²) in [4.78, 5) is 11.0. The first-order chi connectivity index (χ1) is 8.74. The number of amides is 1. The summed E-state index contributed by atoms with van der Waals surface area (Å²) >= 11 is 0. The van der Waals surface area contributed by atoms with Crippen LogP contribution < -0.4 is 5.73 Å². The smallest absolute Gasteiger partial charge is 0.270 e. The Balaban J connectivity index is 1.98. The zero-order valence-corrected chi connectivity index (χ0v) is 9.98. The standard InChI is InChI=1S/C14H14N2O2/c15-14(17)12-8-13(18-16-12)11-6-5-9-3-1-2-4-10(9)7-11/h5-8H,1-4H2,(H2,15,17). The van der Waals surface area contributed by atoms with Gasteiger partial charge in [0.2, 0.25) is 0 Å². The van der Waals surface area contributed by atoms with E-state index in [4.69, 9.17) is 10.3 Å². The van der Waals surface area contributed by atoms with Crippen molar-refractivity contribution in [3.05, 3.63) is 41.1 Å². The van der Waals surface area contributed by atoms with Crippen LogP contribution in [0.15, 0.2) is 28.8 Å². The zero-order valence-electron chi connectivity index (χ0n) is 9.98. The van der Waals surface area contributed by atoms with Crippen LogP contribution in [-0.4, -0.2) is 11.1 Å². The highest BCUT2D eigenvalue weighted by Crippen LogP contribution is 2.27. The third-order valence-electron chi connectivity index (χ3n) is 3.40. The lowest BCUT2D eigenvalue weighted by atomic mass is 9.90. The molecule has 18 heavy (non-hydrogen) atoms. The van der Waals surface area contributed by atoms with Crippen molar-refractivity contribution < 1.29 is 9.32 Å². The number of fused-ring (bicyclic) bond motifs is 1. The number of carbonyl (C=O) groups is 1. The van der Waals surface area contributed by atoms with Crippen molar-refractivity contribution in [3.63, 3.8) is 0 Å². The molecule has 4 heteroatoms. The van der Waals surface area contributed by atoms with Crippen LogP contribution >= 0.6 is 0 Å². The number of hydrogen-bond acceptors (Lipinski definition) is 3. The SMILES string of the molecule is NC(=O)c1cc(-c2ccc3c(c2)CCCC3)on1. The Kier molecular flexibility index (Phi) is 2.63. The van der Waals surface area contributed by atoms with Crippen LogP contribution in [0.3, 0.4) is 0 Å². The highest BCUT2D eigenvalue weighted by atomic mass is 16.5. The van der Waals surface area contributed by atoms with Gasteiger partial charge in [-0.15, -0.1) is 0 Å². The Morgan fingerprint density at radius 2 is 1.94 bits per heavy atom. The van der Waals surface area contributed by atoms with E-state index in [0.29, 0.717) is 5.76 Å². The summed E-state index contributed by atoms with van der Waals surface area (Å²) < 4.78 is 5.15. The molecule has 2 N–H and O–H groups in total. The fourth-order valence-electron chi connectivity index (χ4n) is 2.41. The topological polar surface area (TPSA) is 69.1 Å². The van der Waals surface area contributed by atoms with Gasteiger partial charge < -0.3 is 10.3 Å². The van der Waals surface area contributed by atoms with E-state index in [0.717, 1.165) is 18.4 Å². The molecule has 92 valence electrons. The molecule has 1 aliphatic carbocycles. The maximum atomic E-state index is 11.0. The molecule has 0 spiro atoms.